The number of hydrogen-bond acceptors (Lipinski definition) is 4. The third kappa shape index (κ3) is 2.81. The lowest BCUT2D eigenvalue weighted by Crippen LogP contribution is -2.17. The van der Waals surface area contributed by atoms with Crippen LogP contribution in [0, 0.1) is 0 Å². The van der Waals surface area contributed by atoms with Crippen molar-refractivity contribution >= 4 is 11.6 Å². The highest BCUT2D eigenvalue weighted by atomic mass is 16.2. The quantitative estimate of drug-likeness (QED) is 0.546. The molecule has 0 amide bonds. The Hall–Kier alpha value is -3.14. The van der Waals surface area contributed by atoms with Gasteiger partial charge in [0.1, 0.15) is 0 Å². The number of ketones is 2. The molecule has 1 aromatic heterocycles. The molecule has 2 aromatic carbocycles. The second-order valence-corrected chi connectivity index (χ2v) is 4.69. The summed E-state index contributed by atoms with van der Waals surface area (Å²) in [4.78, 5) is 32.2. The van der Waals surface area contributed by atoms with Gasteiger partial charge in [-0.25, -0.2) is 9.97 Å². The standard InChI is InChI=1S/C18H12N2O2/c21-16(14-9-5-2-6-10-14)17(22)18-19-11-15(12-20-18)13-7-3-1-4-8-13/h1-12H. The third-order valence-electron chi connectivity index (χ3n) is 3.20. The fraction of sp³-hybridized carbons (Fsp3) is 0. The van der Waals surface area contributed by atoms with Crippen LogP contribution in [0.2, 0.25) is 0 Å². The molecule has 0 unspecified atom stereocenters. The fourth-order valence-electron chi connectivity index (χ4n) is 2.05. The number of hydrogen-bond donors (Lipinski definition) is 0. The van der Waals surface area contributed by atoms with E-state index in [4.69, 9.17) is 0 Å². The molecule has 0 aliphatic rings. The van der Waals surface area contributed by atoms with Crippen molar-refractivity contribution in [3.05, 3.63) is 84.4 Å². The number of carbonyl (C=O) groups excluding carboxylic acids is 2. The molecular formula is C18H12N2O2. The molecule has 0 aliphatic carbocycles. The lowest BCUT2D eigenvalue weighted by atomic mass is 10.1. The molecule has 0 bridgehead atoms. The summed E-state index contributed by atoms with van der Waals surface area (Å²) in [6.45, 7) is 0. The van der Waals surface area contributed by atoms with Gasteiger partial charge in [0.05, 0.1) is 0 Å². The molecule has 3 rings (SSSR count). The number of nitrogens with zero attached hydrogens (tertiary/aromatic N) is 2. The van der Waals surface area contributed by atoms with Crippen LogP contribution in [0.15, 0.2) is 73.1 Å². The maximum absolute atomic E-state index is 12.1. The molecule has 0 saturated heterocycles. The van der Waals surface area contributed by atoms with Gasteiger partial charge in [-0.15, -0.1) is 0 Å². The van der Waals surface area contributed by atoms with Crippen LogP contribution < -0.4 is 0 Å². The van der Waals surface area contributed by atoms with Gasteiger partial charge in [-0.3, -0.25) is 9.59 Å². The first-order valence-corrected chi connectivity index (χ1v) is 6.77. The Morgan fingerprint density at radius 2 is 1.18 bits per heavy atom. The SMILES string of the molecule is O=C(C(=O)c1ncc(-c2ccccc2)cn1)c1ccccc1. The van der Waals surface area contributed by atoms with Gasteiger partial charge in [-0.05, 0) is 5.56 Å². The summed E-state index contributed by atoms with van der Waals surface area (Å²) >= 11 is 0. The van der Waals surface area contributed by atoms with Gasteiger partial charge in [0.25, 0.3) is 5.78 Å². The van der Waals surface area contributed by atoms with E-state index in [-0.39, 0.29) is 5.82 Å². The molecule has 0 N–H and O–H groups in total. The Kier molecular flexibility index (Phi) is 3.83. The van der Waals surface area contributed by atoms with Crippen LogP contribution in [0.1, 0.15) is 21.0 Å². The highest BCUT2D eigenvalue weighted by Gasteiger charge is 2.20. The van der Waals surface area contributed by atoms with E-state index in [1.54, 1.807) is 42.7 Å². The first kappa shape index (κ1) is 13.8. The zero-order chi connectivity index (χ0) is 15.4. The molecule has 3 aromatic rings. The van der Waals surface area contributed by atoms with Crippen molar-refractivity contribution in [1.29, 1.82) is 0 Å². The number of carbonyl (C=O) groups is 2. The summed E-state index contributed by atoms with van der Waals surface area (Å²) in [5.74, 6) is -1.40. The van der Waals surface area contributed by atoms with Gasteiger partial charge in [0, 0.05) is 23.5 Å². The molecule has 0 radical (unpaired) electrons. The van der Waals surface area contributed by atoms with Crippen LogP contribution in [0.25, 0.3) is 11.1 Å². The van der Waals surface area contributed by atoms with Gasteiger partial charge in [-0.1, -0.05) is 60.7 Å². The maximum Gasteiger partial charge on any atom is 0.270 e. The van der Waals surface area contributed by atoms with E-state index in [9.17, 15) is 9.59 Å². The molecule has 0 saturated carbocycles. The number of Topliss-reactive ketones (excluding diaryl/α,β-unsaturated/α-hetero) is 2. The molecule has 0 spiro atoms. The lowest BCUT2D eigenvalue weighted by Gasteiger charge is -2.02. The van der Waals surface area contributed by atoms with Crippen LogP contribution in [-0.2, 0) is 0 Å². The minimum absolute atomic E-state index is 0.0893. The van der Waals surface area contributed by atoms with Crippen LogP contribution in [-0.4, -0.2) is 21.5 Å². The van der Waals surface area contributed by atoms with E-state index < -0.39 is 11.6 Å². The number of aromatic nitrogens is 2. The topological polar surface area (TPSA) is 59.9 Å². The predicted molar refractivity (Wildman–Crippen MR) is 82.6 cm³/mol. The Labute approximate surface area is 127 Å². The van der Waals surface area contributed by atoms with E-state index in [0.717, 1.165) is 11.1 Å². The van der Waals surface area contributed by atoms with Gasteiger partial charge in [-0.2, -0.15) is 0 Å². The first-order valence-electron chi connectivity index (χ1n) is 6.77. The van der Waals surface area contributed by atoms with Crippen molar-refractivity contribution in [2.75, 3.05) is 0 Å². The minimum Gasteiger partial charge on any atom is -0.285 e. The summed E-state index contributed by atoms with van der Waals surface area (Å²) in [5.41, 5.74) is 2.09. The van der Waals surface area contributed by atoms with Crippen LogP contribution in [0.4, 0.5) is 0 Å². The van der Waals surface area contributed by atoms with Crippen molar-refractivity contribution in [3.8, 4) is 11.1 Å². The molecule has 0 atom stereocenters. The smallest absolute Gasteiger partial charge is 0.270 e. The van der Waals surface area contributed by atoms with Crippen LogP contribution in [0.5, 0.6) is 0 Å². The van der Waals surface area contributed by atoms with Crippen molar-refractivity contribution in [2.24, 2.45) is 0 Å². The van der Waals surface area contributed by atoms with E-state index >= 15 is 0 Å². The normalized spacial score (nSPS) is 10.2. The third-order valence-corrected chi connectivity index (χ3v) is 3.20. The summed E-state index contributed by atoms with van der Waals surface area (Å²) < 4.78 is 0. The number of rotatable bonds is 4. The van der Waals surface area contributed by atoms with Crippen molar-refractivity contribution in [2.45, 2.75) is 0 Å². The zero-order valence-electron chi connectivity index (χ0n) is 11.6. The Morgan fingerprint density at radius 3 is 1.77 bits per heavy atom. The molecule has 0 fully saturated rings. The Morgan fingerprint density at radius 1 is 0.636 bits per heavy atom. The van der Waals surface area contributed by atoms with E-state index in [1.807, 2.05) is 30.3 Å². The predicted octanol–water partition coefficient (Wildman–Crippen LogP) is 3.21. The summed E-state index contributed by atoms with van der Waals surface area (Å²) in [5, 5.41) is 0. The molecule has 1 heterocycles. The van der Waals surface area contributed by atoms with E-state index in [1.165, 1.54) is 0 Å². The Balaban J connectivity index is 1.84. The monoisotopic (exact) mass is 288 g/mol. The van der Waals surface area contributed by atoms with Gasteiger partial charge >= 0.3 is 0 Å². The molecule has 106 valence electrons. The first-order chi connectivity index (χ1) is 10.8. The molecule has 0 aliphatic heterocycles. The van der Waals surface area contributed by atoms with Crippen molar-refractivity contribution in [3.63, 3.8) is 0 Å². The van der Waals surface area contributed by atoms with Crippen LogP contribution >= 0.6 is 0 Å². The second-order valence-electron chi connectivity index (χ2n) is 4.69. The highest BCUT2D eigenvalue weighted by molar-refractivity contribution is 6.48. The largest absolute Gasteiger partial charge is 0.285 e. The van der Waals surface area contributed by atoms with Crippen molar-refractivity contribution in [1.82, 2.24) is 9.97 Å². The average molecular weight is 288 g/mol. The molecule has 4 nitrogen and oxygen atoms in total. The fourth-order valence-corrected chi connectivity index (χ4v) is 2.05. The highest BCUT2D eigenvalue weighted by Crippen LogP contribution is 2.16. The average Bonchev–Trinajstić information content (AvgIpc) is 2.62. The molecule has 22 heavy (non-hydrogen) atoms. The van der Waals surface area contributed by atoms with Crippen molar-refractivity contribution < 1.29 is 9.59 Å². The summed E-state index contributed by atoms with van der Waals surface area (Å²) in [6, 6.07) is 18.0. The molecule has 4 heteroatoms. The molecular weight excluding hydrogens is 276 g/mol. The van der Waals surface area contributed by atoms with E-state index in [2.05, 4.69) is 9.97 Å². The summed E-state index contributed by atoms with van der Waals surface area (Å²) in [7, 11) is 0. The number of benzene rings is 2. The van der Waals surface area contributed by atoms with Crippen LogP contribution in [0.3, 0.4) is 0 Å². The Bertz CT molecular complexity index is 798. The lowest BCUT2D eigenvalue weighted by molar-refractivity contribution is 0.0811. The van der Waals surface area contributed by atoms with Gasteiger partial charge < -0.3 is 0 Å². The zero-order valence-corrected chi connectivity index (χ0v) is 11.6. The maximum atomic E-state index is 12.1. The van der Waals surface area contributed by atoms with E-state index in [0.29, 0.717) is 5.56 Å². The van der Waals surface area contributed by atoms with Gasteiger partial charge in [0.2, 0.25) is 11.6 Å². The minimum atomic E-state index is -0.703. The van der Waals surface area contributed by atoms with Gasteiger partial charge in [0.15, 0.2) is 0 Å². The second kappa shape index (κ2) is 6.10. The summed E-state index contributed by atoms with van der Waals surface area (Å²) in [6.07, 6.45) is 3.10.